The van der Waals surface area contributed by atoms with E-state index in [4.69, 9.17) is 0 Å². The molecule has 0 atom stereocenters. The minimum Gasteiger partial charge on any atom is -0.326 e. The van der Waals surface area contributed by atoms with Crippen LogP contribution in [0, 0.1) is 13.8 Å². The zero-order valence-corrected chi connectivity index (χ0v) is 19.2. The zero-order valence-electron chi connectivity index (χ0n) is 19.2. The lowest BCUT2D eigenvalue weighted by atomic mass is 10.1. The van der Waals surface area contributed by atoms with Crippen molar-refractivity contribution in [2.24, 2.45) is 0 Å². The van der Waals surface area contributed by atoms with Gasteiger partial charge >= 0.3 is 0 Å². The quantitative estimate of drug-likeness (QED) is 0.418. The summed E-state index contributed by atoms with van der Waals surface area (Å²) in [4.78, 5) is 25.9. The molecule has 1 N–H and O–H groups in total. The monoisotopic (exact) mass is 451 g/mol. The van der Waals surface area contributed by atoms with Crippen molar-refractivity contribution in [2.45, 2.75) is 33.2 Å². The van der Waals surface area contributed by atoms with Crippen LogP contribution in [-0.2, 0) is 17.8 Å². The molecule has 0 unspecified atom stereocenters. The second-order valence-electron chi connectivity index (χ2n) is 8.49. The van der Waals surface area contributed by atoms with Crippen LogP contribution in [0.25, 0.3) is 16.7 Å². The standard InChI is InChI=1S/C27H25N5O2/c1-18-12-13-21(16-19(18)2)28-25(33)15-14-24-29-30-27-31(17-20-8-4-3-5-9-20)26(34)22-10-6-7-11-23(22)32(24)27/h3-13,16H,14-15,17H2,1-2H3,(H,28,33). The van der Waals surface area contributed by atoms with E-state index in [1.54, 1.807) is 4.57 Å². The van der Waals surface area contributed by atoms with Crippen LogP contribution < -0.4 is 10.9 Å². The van der Waals surface area contributed by atoms with Crippen molar-refractivity contribution in [3.05, 3.63) is 106 Å². The molecule has 34 heavy (non-hydrogen) atoms. The number of hydrogen-bond donors (Lipinski definition) is 1. The number of nitrogens with zero attached hydrogens (tertiary/aromatic N) is 4. The third kappa shape index (κ3) is 4.08. The minimum atomic E-state index is -0.113. The number of benzene rings is 3. The molecule has 2 aromatic heterocycles. The first kappa shape index (κ1) is 21.6. The summed E-state index contributed by atoms with van der Waals surface area (Å²) in [6.07, 6.45) is 0.644. The molecule has 7 nitrogen and oxygen atoms in total. The van der Waals surface area contributed by atoms with E-state index in [0.717, 1.165) is 22.3 Å². The lowest BCUT2D eigenvalue weighted by Gasteiger charge is -2.12. The van der Waals surface area contributed by atoms with Gasteiger partial charge < -0.3 is 5.32 Å². The maximum Gasteiger partial charge on any atom is 0.263 e. The lowest BCUT2D eigenvalue weighted by Crippen LogP contribution is -2.24. The molecule has 3 aromatic carbocycles. The fraction of sp³-hybridized carbons (Fsp3) is 0.185. The second kappa shape index (κ2) is 8.94. The predicted octanol–water partition coefficient (Wildman–Crippen LogP) is 4.28. The number of carbonyl (C=O) groups excluding carboxylic acids is 1. The molecule has 0 radical (unpaired) electrons. The third-order valence-electron chi connectivity index (χ3n) is 6.12. The van der Waals surface area contributed by atoms with Gasteiger partial charge in [0.2, 0.25) is 11.7 Å². The van der Waals surface area contributed by atoms with Crippen molar-refractivity contribution < 1.29 is 4.79 Å². The lowest BCUT2D eigenvalue weighted by molar-refractivity contribution is -0.116. The summed E-state index contributed by atoms with van der Waals surface area (Å²) in [6.45, 7) is 4.45. The van der Waals surface area contributed by atoms with Crippen LogP contribution >= 0.6 is 0 Å². The predicted molar refractivity (Wildman–Crippen MR) is 133 cm³/mol. The molecule has 0 saturated heterocycles. The van der Waals surface area contributed by atoms with Crippen LogP contribution in [0.2, 0.25) is 0 Å². The van der Waals surface area contributed by atoms with E-state index in [0.29, 0.717) is 30.0 Å². The van der Waals surface area contributed by atoms with E-state index in [2.05, 4.69) is 15.5 Å². The molecule has 0 saturated carbocycles. The summed E-state index contributed by atoms with van der Waals surface area (Å²) in [5.41, 5.74) is 4.71. The SMILES string of the molecule is Cc1ccc(NC(=O)CCc2nnc3n(Cc4ccccc4)c(=O)c4ccccc4n23)cc1C. The van der Waals surface area contributed by atoms with Gasteiger partial charge in [-0.2, -0.15) is 0 Å². The van der Waals surface area contributed by atoms with Gasteiger partial charge in [-0.3, -0.25) is 18.6 Å². The normalized spacial score (nSPS) is 11.2. The number of hydrogen-bond acceptors (Lipinski definition) is 4. The maximum absolute atomic E-state index is 13.3. The smallest absolute Gasteiger partial charge is 0.263 e. The molecule has 0 aliphatic carbocycles. The van der Waals surface area contributed by atoms with Crippen molar-refractivity contribution in [3.63, 3.8) is 0 Å². The van der Waals surface area contributed by atoms with Crippen molar-refractivity contribution in [1.29, 1.82) is 0 Å². The van der Waals surface area contributed by atoms with Crippen LogP contribution in [0.5, 0.6) is 0 Å². The number of fused-ring (bicyclic) bond motifs is 3. The highest BCUT2D eigenvalue weighted by Gasteiger charge is 2.17. The van der Waals surface area contributed by atoms with Crippen molar-refractivity contribution in [3.8, 4) is 0 Å². The highest BCUT2D eigenvalue weighted by molar-refractivity contribution is 5.91. The summed E-state index contributed by atoms with van der Waals surface area (Å²) in [6, 6.07) is 23.1. The molecule has 2 heterocycles. The first-order chi connectivity index (χ1) is 16.5. The molecule has 5 aromatic rings. The summed E-state index contributed by atoms with van der Waals surface area (Å²) < 4.78 is 3.53. The van der Waals surface area contributed by atoms with Gasteiger partial charge in [-0.05, 0) is 54.8 Å². The fourth-order valence-electron chi connectivity index (χ4n) is 4.15. The van der Waals surface area contributed by atoms with Crippen molar-refractivity contribution >= 4 is 28.3 Å². The van der Waals surface area contributed by atoms with E-state index < -0.39 is 0 Å². The Balaban J connectivity index is 1.48. The van der Waals surface area contributed by atoms with Gasteiger partial charge in [-0.25, -0.2) is 0 Å². The number of aromatic nitrogens is 4. The number of para-hydroxylation sites is 1. The van der Waals surface area contributed by atoms with Crippen molar-refractivity contribution in [2.75, 3.05) is 5.32 Å². The topological polar surface area (TPSA) is 81.3 Å². The Kier molecular flexibility index (Phi) is 5.67. The number of anilines is 1. The highest BCUT2D eigenvalue weighted by atomic mass is 16.1. The van der Waals surface area contributed by atoms with Gasteiger partial charge in [-0.1, -0.05) is 48.5 Å². The van der Waals surface area contributed by atoms with Gasteiger partial charge in [-0.15, -0.1) is 10.2 Å². The number of aryl methyl sites for hydroxylation is 3. The molecule has 170 valence electrons. The molecule has 0 aliphatic rings. The van der Waals surface area contributed by atoms with Gasteiger partial charge in [0.15, 0.2) is 0 Å². The summed E-state index contributed by atoms with van der Waals surface area (Å²) in [7, 11) is 0. The Morgan fingerprint density at radius 3 is 2.47 bits per heavy atom. The summed E-state index contributed by atoms with van der Waals surface area (Å²) in [5, 5.41) is 12.3. The molecule has 1 amide bonds. The largest absolute Gasteiger partial charge is 0.326 e. The average Bonchev–Trinajstić information content (AvgIpc) is 3.27. The number of amides is 1. The molecule has 0 aliphatic heterocycles. The van der Waals surface area contributed by atoms with E-state index >= 15 is 0 Å². The molecule has 7 heteroatoms. The maximum atomic E-state index is 13.3. The van der Waals surface area contributed by atoms with Crippen LogP contribution in [-0.4, -0.2) is 25.1 Å². The van der Waals surface area contributed by atoms with Crippen molar-refractivity contribution in [1.82, 2.24) is 19.2 Å². The molecular formula is C27H25N5O2. The van der Waals surface area contributed by atoms with Crippen LogP contribution in [0.3, 0.4) is 0 Å². The number of nitrogens with one attached hydrogen (secondary N) is 1. The molecule has 5 rings (SSSR count). The second-order valence-corrected chi connectivity index (χ2v) is 8.49. The Hall–Kier alpha value is -4.26. The summed E-state index contributed by atoms with van der Waals surface area (Å²) >= 11 is 0. The van der Waals surface area contributed by atoms with E-state index in [1.165, 1.54) is 5.56 Å². The van der Waals surface area contributed by atoms with Crippen LogP contribution in [0.15, 0.2) is 77.6 Å². The number of carbonyl (C=O) groups is 1. The molecular weight excluding hydrogens is 426 g/mol. The molecule has 0 bridgehead atoms. The van der Waals surface area contributed by atoms with E-state index in [-0.39, 0.29) is 17.9 Å². The Labute approximate surface area is 196 Å². The zero-order chi connectivity index (χ0) is 23.7. The fourth-order valence-corrected chi connectivity index (χ4v) is 4.15. The minimum absolute atomic E-state index is 0.0954. The summed E-state index contributed by atoms with van der Waals surface area (Å²) in [5.74, 6) is 1.02. The van der Waals surface area contributed by atoms with E-state index in [9.17, 15) is 9.59 Å². The Morgan fingerprint density at radius 2 is 1.68 bits per heavy atom. The van der Waals surface area contributed by atoms with Gasteiger partial charge in [0.05, 0.1) is 17.4 Å². The van der Waals surface area contributed by atoms with Gasteiger partial charge in [0.25, 0.3) is 5.56 Å². The Morgan fingerprint density at radius 1 is 0.912 bits per heavy atom. The van der Waals surface area contributed by atoms with Gasteiger partial charge in [0, 0.05) is 18.5 Å². The first-order valence-corrected chi connectivity index (χ1v) is 11.3. The number of rotatable bonds is 6. The molecule has 0 spiro atoms. The van der Waals surface area contributed by atoms with E-state index in [1.807, 2.05) is 91.0 Å². The van der Waals surface area contributed by atoms with Crippen LogP contribution in [0.4, 0.5) is 5.69 Å². The molecule has 0 fully saturated rings. The van der Waals surface area contributed by atoms with Crippen LogP contribution in [0.1, 0.15) is 28.9 Å². The Bertz CT molecular complexity index is 1570. The third-order valence-corrected chi connectivity index (χ3v) is 6.12. The first-order valence-electron chi connectivity index (χ1n) is 11.3. The van der Waals surface area contributed by atoms with Gasteiger partial charge in [0.1, 0.15) is 5.82 Å². The highest BCUT2D eigenvalue weighted by Crippen LogP contribution is 2.18. The average molecular weight is 452 g/mol.